The lowest BCUT2D eigenvalue weighted by Crippen LogP contribution is -2.51. The van der Waals surface area contributed by atoms with E-state index in [2.05, 4.69) is 55.0 Å². The maximum absolute atomic E-state index is 6.38. The molecule has 0 aromatic heterocycles. The van der Waals surface area contributed by atoms with E-state index >= 15 is 0 Å². The van der Waals surface area contributed by atoms with Gasteiger partial charge in [-0.2, -0.15) is 0 Å². The van der Waals surface area contributed by atoms with Crippen molar-refractivity contribution in [2.75, 3.05) is 13.2 Å². The molecular weight excluding hydrogens is 350 g/mol. The molecule has 0 aliphatic heterocycles. The Morgan fingerprint density at radius 1 is 1.33 bits per heavy atom. The highest BCUT2D eigenvalue weighted by Crippen LogP contribution is 2.27. The summed E-state index contributed by atoms with van der Waals surface area (Å²) < 4.78 is 7.07. The largest absolute Gasteiger partial charge is 0.374 e. The number of hydrogen-bond acceptors (Lipinski definition) is 2. The van der Waals surface area contributed by atoms with Gasteiger partial charge >= 0.3 is 0 Å². The summed E-state index contributed by atoms with van der Waals surface area (Å²) in [7, 11) is 0. The Kier molecular flexibility index (Phi) is 8.25. The first kappa shape index (κ1) is 19.0. The quantitative estimate of drug-likeness (QED) is 0.638. The Hall–Kier alpha value is -0.0900. The molecule has 2 nitrogen and oxygen atoms in total. The van der Waals surface area contributed by atoms with Gasteiger partial charge in [0.2, 0.25) is 0 Å². The third-order valence-corrected chi connectivity index (χ3v) is 4.84. The van der Waals surface area contributed by atoms with Crippen LogP contribution in [0.25, 0.3) is 0 Å². The lowest BCUT2D eigenvalue weighted by Gasteiger charge is -2.38. The van der Waals surface area contributed by atoms with Gasteiger partial charge in [-0.1, -0.05) is 47.4 Å². The van der Waals surface area contributed by atoms with Crippen molar-refractivity contribution in [2.45, 2.75) is 58.6 Å². The van der Waals surface area contributed by atoms with Gasteiger partial charge in [-0.15, -0.1) is 0 Å². The summed E-state index contributed by atoms with van der Waals surface area (Å²) in [6.07, 6.45) is 2.95. The summed E-state index contributed by atoms with van der Waals surface area (Å²) in [6, 6.07) is 6.34. The van der Waals surface area contributed by atoms with Crippen molar-refractivity contribution in [3.05, 3.63) is 33.3 Å². The van der Waals surface area contributed by atoms with Crippen molar-refractivity contribution >= 4 is 27.5 Å². The molecule has 0 saturated heterocycles. The van der Waals surface area contributed by atoms with E-state index in [4.69, 9.17) is 16.3 Å². The number of halogens is 2. The zero-order valence-corrected chi connectivity index (χ0v) is 15.9. The van der Waals surface area contributed by atoms with Crippen LogP contribution in [0.4, 0.5) is 0 Å². The van der Waals surface area contributed by atoms with Crippen LogP contribution in [-0.4, -0.2) is 24.8 Å². The van der Waals surface area contributed by atoms with Gasteiger partial charge in [0.25, 0.3) is 0 Å². The van der Waals surface area contributed by atoms with E-state index in [0.29, 0.717) is 0 Å². The molecule has 1 N–H and O–H groups in total. The summed E-state index contributed by atoms with van der Waals surface area (Å²) in [6.45, 7) is 10.3. The van der Waals surface area contributed by atoms with Gasteiger partial charge in [0, 0.05) is 22.1 Å². The SMILES string of the molecule is CCCNC(Cc1ccc(Br)cc1Cl)C(C)(CC)OCC. The molecule has 120 valence electrons. The molecule has 1 aromatic rings. The highest BCUT2D eigenvalue weighted by molar-refractivity contribution is 9.10. The van der Waals surface area contributed by atoms with Gasteiger partial charge in [-0.25, -0.2) is 0 Å². The number of nitrogens with one attached hydrogen (secondary N) is 1. The van der Waals surface area contributed by atoms with Crippen LogP contribution >= 0.6 is 27.5 Å². The molecule has 1 rings (SSSR count). The predicted molar refractivity (Wildman–Crippen MR) is 95.3 cm³/mol. The molecule has 0 radical (unpaired) electrons. The van der Waals surface area contributed by atoms with Gasteiger partial charge in [-0.3, -0.25) is 0 Å². The lowest BCUT2D eigenvalue weighted by molar-refractivity contribution is -0.0549. The average molecular weight is 377 g/mol. The molecular formula is C17H27BrClNO. The predicted octanol–water partition coefficient (Wildman–Crippen LogP) is 5.22. The van der Waals surface area contributed by atoms with E-state index in [9.17, 15) is 0 Å². The molecule has 0 amide bonds. The summed E-state index contributed by atoms with van der Waals surface area (Å²) in [5.74, 6) is 0. The van der Waals surface area contributed by atoms with Crippen LogP contribution in [0.1, 0.15) is 46.1 Å². The Balaban J connectivity index is 2.96. The van der Waals surface area contributed by atoms with Gasteiger partial charge in [-0.05, 0) is 57.4 Å². The topological polar surface area (TPSA) is 21.3 Å². The Labute approximate surface area is 142 Å². The Bertz CT molecular complexity index is 441. The van der Waals surface area contributed by atoms with E-state index in [-0.39, 0.29) is 11.6 Å². The van der Waals surface area contributed by atoms with Crippen LogP contribution in [0.3, 0.4) is 0 Å². The molecule has 0 fully saturated rings. The minimum atomic E-state index is -0.180. The van der Waals surface area contributed by atoms with Crippen LogP contribution in [0.15, 0.2) is 22.7 Å². The van der Waals surface area contributed by atoms with Crippen LogP contribution in [0.2, 0.25) is 5.02 Å². The zero-order valence-electron chi connectivity index (χ0n) is 13.5. The Morgan fingerprint density at radius 2 is 2.05 bits per heavy atom. The van der Waals surface area contributed by atoms with Gasteiger partial charge < -0.3 is 10.1 Å². The summed E-state index contributed by atoms with van der Waals surface area (Å²) in [5.41, 5.74) is 0.980. The smallest absolute Gasteiger partial charge is 0.0807 e. The number of ether oxygens (including phenoxy) is 1. The summed E-state index contributed by atoms with van der Waals surface area (Å²) in [4.78, 5) is 0. The molecule has 0 aliphatic rings. The number of rotatable bonds is 9. The van der Waals surface area contributed by atoms with Crippen molar-refractivity contribution in [2.24, 2.45) is 0 Å². The lowest BCUT2D eigenvalue weighted by atomic mass is 9.88. The highest BCUT2D eigenvalue weighted by Gasteiger charge is 2.33. The van der Waals surface area contributed by atoms with E-state index in [0.717, 1.165) is 47.5 Å². The van der Waals surface area contributed by atoms with E-state index in [1.807, 2.05) is 12.1 Å². The van der Waals surface area contributed by atoms with E-state index in [1.165, 1.54) is 0 Å². The van der Waals surface area contributed by atoms with Crippen molar-refractivity contribution < 1.29 is 4.74 Å². The number of benzene rings is 1. The fraction of sp³-hybridized carbons (Fsp3) is 0.647. The first-order valence-electron chi connectivity index (χ1n) is 7.78. The van der Waals surface area contributed by atoms with Crippen LogP contribution in [-0.2, 0) is 11.2 Å². The fourth-order valence-corrected chi connectivity index (χ4v) is 3.26. The minimum Gasteiger partial charge on any atom is -0.374 e. The third-order valence-electron chi connectivity index (χ3n) is 3.99. The van der Waals surface area contributed by atoms with Crippen LogP contribution in [0, 0.1) is 0 Å². The summed E-state index contributed by atoms with van der Waals surface area (Å²) in [5, 5.41) is 4.45. The van der Waals surface area contributed by atoms with Crippen molar-refractivity contribution in [1.29, 1.82) is 0 Å². The Morgan fingerprint density at radius 3 is 2.57 bits per heavy atom. The first-order valence-corrected chi connectivity index (χ1v) is 8.95. The monoisotopic (exact) mass is 375 g/mol. The second kappa shape index (κ2) is 9.14. The number of hydrogen-bond donors (Lipinski definition) is 1. The van der Waals surface area contributed by atoms with Gasteiger partial charge in [0.15, 0.2) is 0 Å². The highest BCUT2D eigenvalue weighted by atomic mass is 79.9. The molecule has 0 saturated carbocycles. The normalized spacial score (nSPS) is 15.7. The molecule has 2 atom stereocenters. The van der Waals surface area contributed by atoms with Crippen molar-refractivity contribution in [3.63, 3.8) is 0 Å². The molecule has 0 aliphatic carbocycles. The van der Waals surface area contributed by atoms with Gasteiger partial charge in [0.1, 0.15) is 0 Å². The fourth-order valence-electron chi connectivity index (χ4n) is 2.51. The average Bonchev–Trinajstić information content (AvgIpc) is 2.45. The van der Waals surface area contributed by atoms with E-state index in [1.54, 1.807) is 0 Å². The molecule has 0 spiro atoms. The molecule has 2 unspecified atom stereocenters. The van der Waals surface area contributed by atoms with Crippen LogP contribution in [0.5, 0.6) is 0 Å². The van der Waals surface area contributed by atoms with E-state index < -0.39 is 0 Å². The van der Waals surface area contributed by atoms with Crippen molar-refractivity contribution in [1.82, 2.24) is 5.32 Å². The molecule has 4 heteroatoms. The molecule has 0 heterocycles. The second-order valence-electron chi connectivity index (χ2n) is 5.55. The maximum atomic E-state index is 6.38. The van der Waals surface area contributed by atoms with Gasteiger partial charge in [0.05, 0.1) is 5.60 Å². The zero-order chi connectivity index (χ0) is 15.9. The molecule has 1 aromatic carbocycles. The molecule has 21 heavy (non-hydrogen) atoms. The van der Waals surface area contributed by atoms with Crippen molar-refractivity contribution in [3.8, 4) is 0 Å². The first-order chi connectivity index (χ1) is 9.96. The maximum Gasteiger partial charge on any atom is 0.0807 e. The minimum absolute atomic E-state index is 0.180. The summed E-state index contributed by atoms with van der Waals surface area (Å²) >= 11 is 9.84. The second-order valence-corrected chi connectivity index (χ2v) is 6.87. The standard InChI is InChI=1S/C17H27BrClNO/c1-5-10-20-16(17(4,6-2)21-7-3)11-13-8-9-14(18)12-15(13)19/h8-9,12,16,20H,5-7,10-11H2,1-4H3. The van der Waals surface area contributed by atoms with Crippen LogP contribution < -0.4 is 5.32 Å². The third kappa shape index (κ3) is 5.55. The molecule has 0 bridgehead atoms.